The largest absolute Gasteiger partial charge is 0.458 e. The van der Waals surface area contributed by atoms with E-state index in [1.807, 2.05) is 72.3 Å². The maximum absolute atomic E-state index is 11.8. The molecular weight excluding hydrogens is 354 g/mol. The summed E-state index contributed by atoms with van der Waals surface area (Å²) in [5.41, 5.74) is 7.46. The summed E-state index contributed by atoms with van der Waals surface area (Å²) in [5.74, 6) is -0.0733. The van der Waals surface area contributed by atoms with Gasteiger partial charge in [0.05, 0.1) is 6.61 Å². The van der Waals surface area contributed by atoms with Gasteiger partial charge < -0.3 is 19.8 Å². The first-order chi connectivity index (χ1) is 13.6. The number of nitrogens with two attached hydrogens (primary N) is 1. The quantitative estimate of drug-likeness (QED) is 0.740. The number of carbonyl (C=O) groups is 1. The minimum absolute atomic E-state index is 0.290. The van der Waals surface area contributed by atoms with Crippen LogP contribution in [0.1, 0.15) is 24.2 Å². The Kier molecular flexibility index (Phi) is 4.88. The zero-order valence-corrected chi connectivity index (χ0v) is 15.7. The number of aryl methyl sites for hydroxylation is 1. The predicted octanol–water partition coefficient (Wildman–Crippen LogP) is 3.32. The minimum atomic E-state index is -1.04. The molecule has 2 heterocycles. The molecule has 1 fully saturated rings. The Morgan fingerprint density at radius 1 is 1.21 bits per heavy atom. The number of imidazole rings is 1. The molecule has 2 unspecified atom stereocenters. The number of amides is 1. The van der Waals surface area contributed by atoms with Crippen LogP contribution in [0.3, 0.4) is 0 Å². The van der Waals surface area contributed by atoms with Crippen LogP contribution in [0, 0.1) is 12.8 Å². The van der Waals surface area contributed by atoms with Gasteiger partial charge in [-0.2, -0.15) is 0 Å². The Hall–Kier alpha value is -3.12. The van der Waals surface area contributed by atoms with Gasteiger partial charge in [-0.25, -0.2) is 4.98 Å². The first kappa shape index (κ1) is 18.3. The number of hydrogen-bond donors (Lipinski definition) is 1. The normalized spacial score (nSPS) is 22.0. The standard InChI is InChI=1S/C22H23N3O3/c1-16-24-12-13-25(16)19-7-9-20(10-8-19)28-22(18-5-3-2-4-6-18)15-17(21(23)26)11-14-27-22/h2-10,12-13,17H,11,14-15H2,1H3,(H2,23,26). The Morgan fingerprint density at radius 2 is 1.96 bits per heavy atom. The summed E-state index contributed by atoms with van der Waals surface area (Å²) < 4.78 is 14.5. The van der Waals surface area contributed by atoms with Crippen molar-refractivity contribution in [3.8, 4) is 11.4 Å². The Morgan fingerprint density at radius 3 is 2.61 bits per heavy atom. The second-order valence-electron chi connectivity index (χ2n) is 7.00. The maximum atomic E-state index is 11.8. The fourth-order valence-electron chi connectivity index (χ4n) is 3.63. The van der Waals surface area contributed by atoms with Crippen LogP contribution in [-0.2, 0) is 15.3 Å². The number of primary amides is 1. The SMILES string of the molecule is Cc1nccn1-c1ccc(OC2(c3ccccc3)CC(C(N)=O)CCO2)cc1. The van der Waals surface area contributed by atoms with E-state index in [0.717, 1.165) is 17.1 Å². The van der Waals surface area contributed by atoms with Crippen molar-refractivity contribution in [2.24, 2.45) is 11.7 Å². The lowest BCUT2D eigenvalue weighted by Gasteiger charge is -2.40. The molecule has 6 nitrogen and oxygen atoms in total. The monoisotopic (exact) mass is 377 g/mol. The average molecular weight is 377 g/mol. The van der Waals surface area contributed by atoms with Gasteiger partial charge >= 0.3 is 0 Å². The van der Waals surface area contributed by atoms with Crippen molar-refractivity contribution in [3.05, 3.63) is 78.4 Å². The van der Waals surface area contributed by atoms with Crippen molar-refractivity contribution >= 4 is 5.91 Å². The average Bonchev–Trinajstić information content (AvgIpc) is 3.15. The van der Waals surface area contributed by atoms with Gasteiger partial charge in [0.25, 0.3) is 0 Å². The van der Waals surface area contributed by atoms with Crippen LogP contribution >= 0.6 is 0 Å². The summed E-state index contributed by atoms with van der Waals surface area (Å²) in [6.07, 6.45) is 4.67. The molecule has 1 aromatic heterocycles. The van der Waals surface area contributed by atoms with Crippen LogP contribution in [0.25, 0.3) is 5.69 Å². The number of rotatable bonds is 5. The second kappa shape index (κ2) is 7.48. The van der Waals surface area contributed by atoms with Gasteiger partial charge in [0.15, 0.2) is 0 Å². The molecule has 0 spiro atoms. The highest BCUT2D eigenvalue weighted by atomic mass is 16.7. The highest BCUT2D eigenvalue weighted by Crippen LogP contribution is 2.40. The zero-order chi connectivity index (χ0) is 19.6. The van der Waals surface area contributed by atoms with Crippen LogP contribution < -0.4 is 10.5 Å². The molecule has 2 atom stereocenters. The molecule has 6 heteroatoms. The summed E-state index contributed by atoms with van der Waals surface area (Å²) in [6.45, 7) is 2.36. The summed E-state index contributed by atoms with van der Waals surface area (Å²) in [4.78, 5) is 16.1. The molecule has 0 radical (unpaired) electrons. The summed E-state index contributed by atoms with van der Waals surface area (Å²) in [7, 11) is 0. The predicted molar refractivity (Wildman–Crippen MR) is 105 cm³/mol. The van der Waals surface area contributed by atoms with Crippen molar-refractivity contribution in [1.82, 2.24) is 9.55 Å². The van der Waals surface area contributed by atoms with Gasteiger partial charge in [-0.05, 0) is 37.6 Å². The third-order valence-electron chi connectivity index (χ3n) is 5.16. The molecule has 0 bridgehead atoms. The van der Waals surface area contributed by atoms with Crippen molar-refractivity contribution in [2.45, 2.75) is 25.6 Å². The van der Waals surface area contributed by atoms with Crippen LogP contribution in [0.5, 0.6) is 5.75 Å². The van der Waals surface area contributed by atoms with Crippen molar-refractivity contribution < 1.29 is 14.3 Å². The number of aromatic nitrogens is 2. The van der Waals surface area contributed by atoms with Gasteiger partial charge in [-0.1, -0.05) is 30.3 Å². The van der Waals surface area contributed by atoms with Crippen LogP contribution in [-0.4, -0.2) is 22.1 Å². The number of nitrogens with zero attached hydrogens (tertiary/aromatic N) is 2. The number of benzene rings is 2. The van der Waals surface area contributed by atoms with Gasteiger partial charge in [0, 0.05) is 36.0 Å². The van der Waals surface area contributed by atoms with Gasteiger partial charge in [-0.3, -0.25) is 4.79 Å². The van der Waals surface area contributed by atoms with Gasteiger partial charge in [0.1, 0.15) is 11.6 Å². The van der Waals surface area contributed by atoms with Crippen LogP contribution in [0.4, 0.5) is 0 Å². The van der Waals surface area contributed by atoms with Crippen LogP contribution in [0.2, 0.25) is 0 Å². The molecule has 1 aliphatic heterocycles. The molecule has 2 N–H and O–H groups in total. The van der Waals surface area contributed by atoms with E-state index in [2.05, 4.69) is 4.98 Å². The topological polar surface area (TPSA) is 79.4 Å². The zero-order valence-electron chi connectivity index (χ0n) is 15.7. The molecular formula is C22H23N3O3. The van der Waals surface area contributed by atoms with Crippen molar-refractivity contribution in [3.63, 3.8) is 0 Å². The molecule has 1 amide bonds. The maximum Gasteiger partial charge on any atom is 0.238 e. The van der Waals surface area contributed by atoms with Crippen molar-refractivity contribution in [1.29, 1.82) is 0 Å². The highest BCUT2D eigenvalue weighted by Gasteiger charge is 2.43. The highest BCUT2D eigenvalue weighted by molar-refractivity contribution is 5.76. The fraction of sp³-hybridized carbons (Fsp3) is 0.273. The number of ether oxygens (including phenoxy) is 2. The van der Waals surface area contributed by atoms with E-state index in [9.17, 15) is 4.79 Å². The smallest absolute Gasteiger partial charge is 0.238 e. The van der Waals surface area contributed by atoms with E-state index >= 15 is 0 Å². The summed E-state index contributed by atoms with van der Waals surface area (Å²) in [5, 5.41) is 0. The van der Waals surface area contributed by atoms with E-state index in [1.165, 1.54) is 0 Å². The Labute approximate surface area is 163 Å². The molecule has 1 aliphatic rings. The first-order valence-corrected chi connectivity index (χ1v) is 9.36. The molecule has 1 saturated heterocycles. The Bertz CT molecular complexity index is 953. The lowest BCUT2D eigenvalue weighted by Crippen LogP contribution is -2.45. The number of hydrogen-bond acceptors (Lipinski definition) is 4. The first-order valence-electron chi connectivity index (χ1n) is 9.36. The third-order valence-corrected chi connectivity index (χ3v) is 5.16. The van der Waals surface area contributed by atoms with Gasteiger partial charge in [0.2, 0.25) is 11.7 Å². The van der Waals surface area contributed by atoms with E-state index in [-0.39, 0.29) is 11.8 Å². The minimum Gasteiger partial charge on any atom is -0.458 e. The molecule has 4 rings (SSSR count). The van der Waals surface area contributed by atoms with E-state index in [4.69, 9.17) is 15.2 Å². The molecule has 2 aromatic carbocycles. The molecule has 28 heavy (non-hydrogen) atoms. The molecule has 3 aromatic rings. The van der Waals surface area contributed by atoms with E-state index in [0.29, 0.717) is 25.2 Å². The Balaban J connectivity index is 1.65. The molecule has 0 aliphatic carbocycles. The number of carbonyl (C=O) groups excluding carboxylic acids is 1. The lowest BCUT2D eigenvalue weighted by atomic mass is 9.88. The van der Waals surface area contributed by atoms with E-state index in [1.54, 1.807) is 6.20 Å². The summed E-state index contributed by atoms with van der Waals surface area (Å²) >= 11 is 0. The molecule has 144 valence electrons. The molecule has 0 saturated carbocycles. The van der Waals surface area contributed by atoms with E-state index < -0.39 is 5.79 Å². The lowest BCUT2D eigenvalue weighted by molar-refractivity contribution is -0.226. The second-order valence-corrected chi connectivity index (χ2v) is 7.00. The van der Waals surface area contributed by atoms with Crippen LogP contribution in [0.15, 0.2) is 67.0 Å². The summed E-state index contributed by atoms with van der Waals surface area (Å²) in [6, 6.07) is 17.4. The van der Waals surface area contributed by atoms with Crippen molar-refractivity contribution in [2.75, 3.05) is 6.61 Å². The third kappa shape index (κ3) is 3.51. The van der Waals surface area contributed by atoms with Gasteiger partial charge in [-0.15, -0.1) is 0 Å². The fourth-order valence-corrected chi connectivity index (χ4v) is 3.63.